The lowest BCUT2D eigenvalue weighted by Crippen LogP contribution is -2.34. The largest absolute Gasteiger partial charge is 0.312 e. The number of unbranched alkanes of at least 4 members (excludes halogenated alkanes) is 6. The van der Waals surface area contributed by atoms with Crippen molar-refractivity contribution in [1.82, 2.24) is 5.32 Å². The van der Waals surface area contributed by atoms with E-state index in [1.165, 1.54) is 64.2 Å². The van der Waals surface area contributed by atoms with Crippen LogP contribution in [0, 0.1) is 0 Å². The van der Waals surface area contributed by atoms with Crippen LogP contribution in [0.4, 0.5) is 0 Å². The Morgan fingerprint density at radius 2 is 1.18 bits per heavy atom. The zero-order valence-corrected chi connectivity index (χ0v) is 12.7. The van der Waals surface area contributed by atoms with Gasteiger partial charge in [-0.25, -0.2) is 0 Å². The molecule has 0 saturated carbocycles. The molecule has 0 amide bonds. The fourth-order valence-electron chi connectivity index (χ4n) is 2.42. The molecule has 17 heavy (non-hydrogen) atoms. The van der Waals surface area contributed by atoms with Crippen LogP contribution in [0.25, 0.3) is 0 Å². The second-order valence-corrected chi connectivity index (χ2v) is 5.72. The van der Waals surface area contributed by atoms with Gasteiger partial charge in [-0.3, -0.25) is 0 Å². The third kappa shape index (κ3) is 12.2. The Labute approximate surface area is 110 Å². The van der Waals surface area contributed by atoms with Crippen molar-refractivity contribution >= 4 is 0 Å². The molecule has 0 aromatic rings. The zero-order valence-electron chi connectivity index (χ0n) is 12.7. The van der Waals surface area contributed by atoms with Gasteiger partial charge in [0.2, 0.25) is 0 Å². The molecule has 0 fully saturated rings. The van der Waals surface area contributed by atoms with E-state index in [1.54, 1.807) is 0 Å². The summed E-state index contributed by atoms with van der Waals surface area (Å²) < 4.78 is 0. The quantitative estimate of drug-likeness (QED) is 0.458. The van der Waals surface area contributed by atoms with Gasteiger partial charge in [0.1, 0.15) is 0 Å². The predicted octanol–water partition coefficient (Wildman–Crippen LogP) is 5.29. The molecule has 1 nitrogen and oxygen atoms in total. The molecule has 1 N–H and O–H groups in total. The third-order valence-corrected chi connectivity index (χ3v) is 3.38. The third-order valence-electron chi connectivity index (χ3n) is 3.38. The fourth-order valence-corrected chi connectivity index (χ4v) is 2.42. The van der Waals surface area contributed by atoms with Crippen LogP contribution in [-0.2, 0) is 0 Å². The van der Waals surface area contributed by atoms with E-state index in [9.17, 15) is 0 Å². The van der Waals surface area contributed by atoms with Crippen LogP contribution in [0.1, 0.15) is 91.9 Å². The average molecular weight is 241 g/mol. The van der Waals surface area contributed by atoms with Crippen molar-refractivity contribution in [3.05, 3.63) is 0 Å². The summed E-state index contributed by atoms with van der Waals surface area (Å²) in [5.74, 6) is 0. The van der Waals surface area contributed by atoms with Gasteiger partial charge in [-0.15, -0.1) is 0 Å². The van der Waals surface area contributed by atoms with E-state index in [0.717, 1.165) is 6.04 Å². The lowest BCUT2D eigenvalue weighted by atomic mass is 10.0. The maximum Gasteiger partial charge on any atom is 0.00694 e. The maximum atomic E-state index is 3.73. The first-order valence-electron chi connectivity index (χ1n) is 7.96. The molecule has 0 atom stereocenters. The highest BCUT2D eigenvalue weighted by atomic mass is 14.9. The van der Waals surface area contributed by atoms with Crippen molar-refractivity contribution in [2.45, 2.75) is 104 Å². The van der Waals surface area contributed by atoms with E-state index in [0.29, 0.717) is 6.04 Å². The van der Waals surface area contributed by atoms with Gasteiger partial charge in [0.05, 0.1) is 0 Å². The number of rotatable bonds is 12. The van der Waals surface area contributed by atoms with Gasteiger partial charge in [0.15, 0.2) is 0 Å². The van der Waals surface area contributed by atoms with E-state index < -0.39 is 0 Å². The summed E-state index contributed by atoms with van der Waals surface area (Å²) >= 11 is 0. The monoisotopic (exact) mass is 241 g/mol. The van der Waals surface area contributed by atoms with Crippen LogP contribution in [0.5, 0.6) is 0 Å². The smallest absolute Gasteiger partial charge is 0.00694 e. The Balaban J connectivity index is 3.64. The van der Waals surface area contributed by atoms with E-state index in [4.69, 9.17) is 0 Å². The van der Waals surface area contributed by atoms with Crippen molar-refractivity contribution in [1.29, 1.82) is 0 Å². The first kappa shape index (κ1) is 17.0. The van der Waals surface area contributed by atoms with Crippen LogP contribution < -0.4 is 5.32 Å². The summed E-state index contributed by atoms with van der Waals surface area (Å²) in [6.45, 7) is 9.11. The first-order chi connectivity index (χ1) is 8.20. The van der Waals surface area contributed by atoms with Crippen LogP contribution >= 0.6 is 0 Å². The average Bonchev–Trinajstić information content (AvgIpc) is 2.29. The van der Waals surface area contributed by atoms with Gasteiger partial charge in [0.25, 0.3) is 0 Å². The van der Waals surface area contributed by atoms with Crippen molar-refractivity contribution < 1.29 is 0 Å². The van der Waals surface area contributed by atoms with Gasteiger partial charge in [-0.05, 0) is 12.8 Å². The molecule has 0 unspecified atom stereocenters. The van der Waals surface area contributed by atoms with E-state index in [2.05, 4.69) is 33.0 Å². The normalized spacial score (nSPS) is 11.6. The van der Waals surface area contributed by atoms with Gasteiger partial charge in [0, 0.05) is 12.1 Å². The van der Waals surface area contributed by atoms with E-state index in [-0.39, 0.29) is 0 Å². The second kappa shape index (κ2) is 12.4. The Bertz CT molecular complexity index is 130. The molecule has 0 spiro atoms. The van der Waals surface area contributed by atoms with Crippen molar-refractivity contribution in [2.75, 3.05) is 0 Å². The molecule has 0 bridgehead atoms. The molecular formula is C16H35N. The SMILES string of the molecule is CCCCCCC(CCCCCC)NC(C)C. The van der Waals surface area contributed by atoms with Gasteiger partial charge >= 0.3 is 0 Å². The van der Waals surface area contributed by atoms with Crippen LogP contribution in [0.3, 0.4) is 0 Å². The maximum absolute atomic E-state index is 3.73. The Hall–Kier alpha value is -0.0400. The molecule has 0 rings (SSSR count). The summed E-state index contributed by atoms with van der Waals surface area (Å²) in [7, 11) is 0. The molecule has 0 aliphatic heterocycles. The van der Waals surface area contributed by atoms with Gasteiger partial charge in [-0.2, -0.15) is 0 Å². The standard InChI is InChI=1S/C16H35N/c1-5-7-9-11-13-16(17-15(3)4)14-12-10-8-6-2/h15-17H,5-14H2,1-4H3. The minimum atomic E-state index is 0.636. The van der Waals surface area contributed by atoms with Gasteiger partial charge < -0.3 is 5.32 Å². The molecule has 1 heteroatoms. The van der Waals surface area contributed by atoms with Crippen molar-refractivity contribution in [2.24, 2.45) is 0 Å². The Kier molecular flexibility index (Phi) is 12.4. The Morgan fingerprint density at radius 1 is 0.706 bits per heavy atom. The molecule has 0 heterocycles. The lowest BCUT2D eigenvalue weighted by Gasteiger charge is -2.21. The summed E-state index contributed by atoms with van der Waals surface area (Å²) in [5, 5.41) is 3.73. The van der Waals surface area contributed by atoms with Crippen LogP contribution in [-0.4, -0.2) is 12.1 Å². The number of nitrogens with one attached hydrogen (secondary N) is 1. The highest BCUT2D eigenvalue weighted by Crippen LogP contribution is 2.13. The minimum Gasteiger partial charge on any atom is -0.312 e. The summed E-state index contributed by atoms with van der Waals surface area (Å²) in [5.41, 5.74) is 0. The topological polar surface area (TPSA) is 12.0 Å². The molecule has 104 valence electrons. The van der Waals surface area contributed by atoms with Gasteiger partial charge in [-0.1, -0.05) is 79.1 Å². The Morgan fingerprint density at radius 3 is 1.53 bits per heavy atom. The number of hydrogen-bond donors (Lipinski definition) is 1. The first-order valence-corrected chi connectivity index (χ1v) is 7.96. The van der Waals surface area contributed by atoms with Crippen molar-refractivity contribution in [3.63, 3.8) is 0 Å². The molecule has 0 radical (unpaired) electrons. The van der Waals surface area contributed by atoms with Crippen molar-refractivity contribution in [3.8, 4) is 0 Å². The molecule has 0 aromatic heterocycles. The zero-order chi connectivity index (χ0) is 12.9. The highest BCUT2D eigenvalue weighted by Gasteiger charge is 2.08. The van der Waals surface area contributed by atoms with E-state index in [1.807, 2.05) is 0 Å². The van der Waals surface area contributed by atoms with E-state index >= 15 is 0 Å². The molecule has 0 aromatic carbocycles. The number of hydrogen-bond acceptors (Lipinski definition) is 1. The predicted molar refractivity (Wildman–Crippen MR) is 79.6 cm³/mol. The fraction of sp³-hybridized carbons (Fsp3) is 1.00. The lowest BCUT2D eigenvalue weighted by molar-refractivity contribution is 0.388. The summed E-state index contributed by atoms with van der Waals surface area (Å²) in [6, 6.07) is 1.40. The molecule has 0 aliphatic rings. The van der Waals surface area contributed by atoms with Crippen LogP contribution in [0.15, 0.2) is 0 Å². The minimum absolute atomic E-state index is 0.636. The second-order valence-electron chi connectivity index (χ2n) is 5.72. The summed E-state index contributed by atoms with van der Waals surface area (Å²) in [4.78, 5) is 0. The highest BCUT2D eigenvalue weighted by molar-refractivity contribution is 4.69. The summed E-state index contributed by atoms with van der Waals surface area (Å²) in [6.07, 6.45) is 13.9. The molecule has 0 saturated heterocycles. The molecular weight excluding hydrogens is 206 g/mol. The van der Waals surface area contributed by atoms with Crippen LogP contribution in [0.2, 0.25) is 0 Å². The molecule has 0 aliphatic carbocycles.